The van der Waals surface area contributed by atoms with Crippen molar-refractivity contribution in [3.8, 4) is 11.5 Å². The van der Waals surface area contributed by atoms with E-state index < -0.39 is 0 Å². The van der Waals surface area contributed by atoms with Crippen molar-refractivity contribution in [1.82, 2.24) is 10.2 Å². The predicted octanol–water partition coefficient (Wildman–Crippen LogP) is 1.80. The Morgan fingerprint density at radius 3 is 2.46 bits per heavy atom. The SMILES string of the molecule is COc1ccc(C(=O)N2CCC(NC(=O)[C@@H]3CCC[C@@H]3CN)CC2)cc1OC. The van der Waals surface area contributed by atoms with Crippen molar-refractivity contribution in [3.05, 3.63) is 23.8 Å². The summed E-state index contributed by atoms with van der Waals surface area (Å²) >= 11 is 0. The van der Waals surface area contributed by atoms with E-state index in [9.17, 15) is 9.59 Å². The molecule has 1 aliphatic carbocycles. The summed E-state index contributed by atoms with van der Waals surface area (Å²) in [5, 5.41) is 3.19. The third kappa shape index (κ3) is 4.41. The molecule has 0 radical (unpaired) electrons. The van der Waals surface area contributed by atoms with Crippen LogP contribution in [0.5, 0.6) is 11.5 Å². The first-order chi connectivity index (χ1) is 13.6. The van der Waals surface area contributed by atoms with Crippen molar-refractivity contribution in [2.75, 3.05) is 33.9 Å². The third-order valence-corrected chi connectivity index (χ3v) is 6.06. The van der Waals surface area contributed by atoms with Crippen LogP contribution in [0.3, 0.4) is 0 Å². The molecule has 7 heteroatoms. The van der Waals surface area contributed by atoms with Gasteiger partial charge in [-0.3, -0.25) is 9.59 Å². The molecule has 2 amide bonds. The maximum Gasteiger partial charge on any atom is 0.253 e. The number of nitrogens with zero attached hydrogens (tertiary/aromatic N) is 1. The summed E-state index contributed by atoms with van der Waals surface area (Å²) in [6.45, 7) is 1.84. The highest BCUT2D eigenvalue weighted by atomic mass is 16.5. The fourth-order valence-corrected chi connectivity index (χ4v) is 4.35. The molecule has 154 valence electrons. The zero-order valence-electron chi connectivity index (χ0n) is 16.8. The van der Waals surface area contributed by atoms with Crippen molar-refractivity contribution in [3.63, 3.8) is 0 Å². The minimum Gasteiger partial charge on any atom is -0.493 e. The largest absolute Gasteiger partial charge is 0.493 e. The molecule has 1 aromatic carbocycles. The number of nitrogens with one attached hydrogen (secondary N) is 1. The van der Waals surface area contributed by atoms with E-state index in [0.717, 1.165) is 32.1 Å². The molecule has 3 N–H and O–H groups in total. The highest BCUT2D eigenvalue weighted by Crippen LogP contribution is 2.31. The Balaban J connectivity index is 1.53. The minimum atomic E-state index is -0.0234. The molecule has 0 unspecified atom stereocenters. The van der Waals surface area contributed by atoms with E-state index in [-0.39, 0.29) is 23.8 Å². The van der Waals surface area contributed by atoms with Crippen molar-refractivity contribution < 1.29 is 19.1 Å². The molecule has 1 aliphatic heterocycles. The second-order valence-electron chi connectivity index (χ2n) is 7.68. The molecule has 2 atom stereocenters. The number of methoxy groups -OCH3 is 2. The van der Waals surface area contributed by atoms with E-state index >= 15 is 0 Å². The summed E-state index contributed by atoms with van der Waals surface area (Å²) in [7, 11) is 3.12. The van der Waals surface area contributed by atoms with Gasteiger partial charge in [0, 0.05) is 30.6 Å². The second kappa shape index (κ2) is 9.28. The van der Waals surface area contributed by atoms with E-state index in [1.807, 2.05) is 4.90 Å². The summed E-state index contributed by atoms with van der Waals surface area (Å²) in [5.41, 5.74) is 6.38. The molecule has 2 aliphatic rings. The molecular formula is C21H31N3O4. The lowest BCUT2D eigenvalue weighted by atomic mass is 9.94. The van der Waals surface area contributed by atoms with Crippen LogP contribution < -0.4 is 20.5 Å². The van der Waals surface area contributed by atoms with Crippen LogP contribution in [0.25, 0.3) is 0 Å². The van der Waals surface area contributed by atoms with Crippen molar-refractivity contribution in [1.29, 1.82) is 0 Å². The number of amides is 2. The normalized spacial score (nSPS) is 22.8. The lowest BCUT2D eigenvalue weighted by Gasteiger charge is -2.33. The molecule has 1 saturated heterocycles. The fraction of sp³-hybridized carbons (Fsp3) is 0.619. The Labute approximate surface area is 166 Å². The van der Waals surface area contributed by atoms with Gasteiger partial charge in [-0.15, -0.1) is 0 Å². The van der Waals surface area contributed by atoms with Crippen LogP contribution in [0.4, 0.5) is 0 Å². The Bertz CT molecular complexity index is 701. The number of rotatable bonds is 6. The van der Waals surface area contributed by atoms with Gasteiger partial charge in [-0.1, -0.05) is 6.42 Å². The van der Waals surface area contributed by atoms with Gasteiger partial charge in [0.05, 0.1) is 14.2 Å². The predicted molar refractivity (Wildman–Crippen MR) is 106 cm³/mol. The van der Waals surface area contributed by atoms with Crippen LogP contribution in [0.1, 0.15) is 42.5 Å². The lowest BCUT2D eigenvalue weighted by Crippen LogP contribution is -2.48. The first kappa shape index (κ1) is 20.5. The molecule has 7 nitrogen and oxygen atoms in total. The zero-order valence-corrected chi connectivity index (χ0v) is 16.8. The van der Waals surface area contributed by atoms with Gasteiger partial charge < -0.3 is 25.4 Å². The van der Waals surface area contributed by atoms with E-state index in [0.29, 0.717) is 42.6 Å². The smallest absolute Gasteiger partial charge is 0.253 e. The van der Waals surface area contributed by atoms with Crippen LogP contribution in [0.15, 0.2) is 18.2 Å². The zero-order chi connectivity index (χ0) is 20.1. The first-order valence-electron chi connectivity index (χ1n) is 10.1. The number of ether oxygens (including phenoxy) is 2. The van der Waals surface area contributed by atoms with Gasteiger partial charge in [0.1, 0.15) is 0 Å². The molecule has 2 fully saturated rings. The summed E-state index contributed by atoms with van der Waals surface area (Å²) < 4.78 is 10.5. The van der Waals surface area contributed by atoms with Gasteiger partial charge >= 0.3 is 0 Å². The molecule has 3 rings (SSSR count). The van der Waals surface area contributed by atoms with E-state index in [1.165, 1.54) is 0 Å². The van der Waals surface area contributed by atoms with E-state index in [2.05, 4.69) is 5.32 Å². The highest BCUT2D eigenvalue weighted by Gasteiger charge is 2.33. The van der Waals surface area contributed by atoms with Gasteiger partial charge in [-0.05, 0) is 56.3 Å². The number of hydrogen-bond acceptors (Lipinski definition) is 5. The number of carbonyl (C=O) groups is 2. The molecule has 1 saturated carbocycles. The standard InChI is InChI=1S/C21H31N3O4/c1-27-18-7-6-14(12-19(18)28-2)21(26)24-10-8-16(9-11-24)23-20(25)17-5-3-4-15(17)13-22/h6-7,12,15-17H,3-5,8-11,13,22H2,1-2H3,(H,23,25)/t15-,17-/m1/s1. The molecule has 1 aromatic rings. The summed E-state index contributed by atoms with van der Waals surface area (Å²) in [4.78, 5) is 27.2. The Hall–Kier alpha value is -2.28. The number of piperidine rings is 1. The quantitative estimate of drug-likeness (QED) is 0.774. The molecule has 0 spiro atoms. The van der Waals surface area contributed by atoms with Crippen molar-refractivity contribution >= 4 is 11.8 Å². The van der Waals surface area contributed by atoms with Gasteiger partial charge in [-0.2, -0.15) is 0 Å². The molecule has 0 aromatic heterocycles. The molecule has 28 heavy (non-hydrogen) atoms. The maximum atomic E-state index is 12.8. The van der Waals surface area contributed by atoms with Gasteiger partial charge in [0.2, 0.25) is 5.91 Å². The number of likely N-dealkylation sites (tertiary alicyclic amines) is 1. The van der Waals surface area contributed by atoms with Crippen LogP contribution in [0, 0.1) is 11.8 Å². The summed E-state index contributed by atoms with van der Waals surface area (Å²) in [5.74, 6) is 1.62. The number of benzene rings is 1. The number of hydrogen-bond donors (Lipinski definition) is 2. The lowest BCUT2D eigenvalue weighted by molar-refractivity contribution is -0.126. The van der Waals surface area contributed by atoms with Crippen LogP contribution in [0.2, 0.25) is 0 Å². The van der Waals surface area contributed by atoms with Gasteiger partial charge in [0.15, 0.2) is 11.5 Å². The Kier molecular flexibility index (Phi) is 6.78. The summed E-state index contributed by atoms with van der Waals surface area (Å²) in [6.07, 6.45) is 4.60. The van der Waals surface area contributed by atoms with Gasteiger partial charge in [0.25, 0.3) is 5.91 Å². The monoisotopic (exact) mass is 389 g/mol. The maximum absolute atomic E-state index is 12.8. The second-order valence-corrected chi connectivity index (χ2v) is 7.68. The molecular weight excluding hydrogens is 358 g/mol. The summed E-state index contributed by atoms with van der Waals surface area (Å²) in [6, 6.07) is 5.34. The van der Waals surface area contributed by atoms with E-state index in [4.69, 9.17) is 15.2 Å². The number of carbonyl (C=O) groups excluding carboxylic acids is 2. The Morgan fingerprint density at radius 1 is 1.11 bits per heavy atom. The minimum absolute atomic E-state index is 0.0234. The Morgan fingerprint density at radius 2 is 1.82 bits per heavy atom. The average Bonchev–Trinajstić information content (AvgIpc) is 3.22. The van der Waals surface area contributed by atoms with Crippen LogP contribution >= 0.6 is 0 Å². The van der Waals surface area contributed by atoms with Gasteiger partial charge in [-0.25, -0.2) is 0 Å². The van der Waals surface area contributed by atoms with E-state index in [1.54, 1.807) is 32.4 Å². The van der Waals surface area contributed by atoms with Crippen molar-refractivity contribution in [2.24, 2.45) is 17.6 Å². The van der Waals surface area contributed by atoms with Crippen molar-refractivity contribution in [2.45, 2.75) is 38.1 Å². The molecule has 0 bridgehead atoms. The van der Waals surface area contributed by atoms with Crippen LogP contribution in [-0.2, 0) is 4.79 Å². The molecule has 1 heterocycles. The van der Waals surface area contributed by atoms with Crippen LogP contribution in [-0.4, -0.2) is 56.6 Å². The fourth-order valence-electron chi connectivity index (χ4n) is 4.35. The average molecular weight is 389 g/mol. The third-order valence-electron chi connectivity index (χ3n) is 6.06. The number of nitrogens with two attached hydrogens (primary N) is 1. The topological polar surface area (TPSA) is 93.9 Å². The highest BCUT2D eigenvalue weighted by molar-refractivity contribution is 5.95. The first-order valence-corrected chi connectivity index (χ1v) is 10.1.